The van der Waals surface area contributed by atoms with Crippen molar-refractivity contribution in [2.75, 3.05) is 0 Å². The van der Waals surface area contributed by atoms with Gasteiger partial charge in [-0.2, -0.15) is 0 Å². The Morgan fingerprint density at radius 1 is 0.417 bits per heavy atom. The van der Waals surface area contributed by atoms with Gasteiger partial charge in [0.25, 0.3) is 0 Å². The maximum absolute atomic E-state index is 6.18. The molecule has 0 bridgehead atoms. The molecule has 0 aliphatic carbocycles. The molecule has 24 heavy (non-hydrogen) atoms. The smallest absolute Gasteiger partial charge is 0.0317 e. The minimum Gasteiger partial charge on any atom is -0.0702 e. The third-order valence-electron chi connectivity index (χ3n) is 5.20. The molecule has 0 aliphatic heterocycles. The van der Waals surface area contributed by atoms with Crippen LogP contribution in [0.4, 0.5) is 0 Å². The largest absolute Gasteiger partial charge is 0.0702 e. The van der Waals surface area contributed by atoms with Gasteiger partial charge in [-0.3, -0.25) is 0 Å². The standard InChI is InChI=1S/C24H47/c1-4-6-8-10-12-14-15-17-19-21-23-24(3)22-20-18-16-13-11-9-7-5-2/h3H,4-23H2,1-2H3. The Hall–Kier alpha value is -0.260. The summed E-state index contributed by atoms with van der Waals surface area (Å²) in [5, 5.41) is 0. The lowest BCUT2D eigenvalue weighted by molar-refractivity contribution is 0.550. The predicted octanol–water partition coefficient (Wildman–Crippen LogP) is 9.19. The van der Waals surface area contributed by atoms with Crippen LogP contribution in [-0.4, -0.2) is 0 Å². The van der Waals surface area contributed by atoms with Gasteiger partial charge in [0, 0.05) is 0 Å². The maximum atomic E-state index is 6.18. The van der Waals surface area contributed by atoms with E-state index in [9.17, 15) is 0 Å². The number of hydrogen-bond acceptors (Lipinski definition) is 0. The lowest BCUT2D eigenvalue weighted by Gasteiger charge is -2.06. The van der Waals surface area contributed by atoms with Crippen LogP contribution in [0.2, 0.25) is 0 Å². The van der Waals surface area contributed by atoms with Crippen LogP contribution in [0.1, 0.15) is 142 Å². The first-order chi connectivity index (χ1) is 11.8. The van der Waals surface area contributed by atoms with Crippen molar-refractivity contribution in [1.82, 2.24) is 0 Å². The van der Waals surface area contributed by atoms with Crippen molar-refractivity contribution in [2.45, 2.75) is 142 Å². The first kappa shape index (κ1) is 23.7. The molecule has 0 rings (SSSR count). The van der Waals surface area contributed by atoms with E-state index < -0.39 is 0 Å². The van der Waals surface area contributed by atoms with E-state index in [0.717, 1.165) is 0 Å². The summed E-state index contributed by atoms with van der Waals surface area (Å²) in [7, 11) is 0. The van der Waals surface area contributed by atoms with Crippen LogP contribution in [-0.2, 0) is 0 Å². The molecular weight excluding hydrogens is 288 g/mol. The van der Waals surface area contributed by atoms with E-state index in [4.69, 9.17) is 6.58 Å². The van der Waals surface area contributed by atoms with Gasteiger partial charge >= 0.3 is 0 Å². The lowest BCUT2D eigenvalue weighted by atomic mass is 10.0. The molecule has 0 aliphatic rings. The van der Waals surface area contributed by atoms with Crippen LogP contribution >= 0.6 is 0 Å². The molecule has 0 amide bonds. The summed E-state index contributed by atoms with van der Waals surface area (Å²) in [5.74, 6) is 0. The fourth-order valence-electron chi connectivity index (χ4n) is 3.45. The van der Waals surface area contributed by atoms with Crippen molar-refractivity contribution in [1.29, 1.82) is 0 Å². The van der Waals surface area contributed by atoms with E-state index in [1.54, 1.807) is 0 Å². The quantitative estimate of drug-likeness (QED) is 0.194. The molecule has 0 N–H and O–H groups in total. The average molecular weight is 336 g/mol. The summed E-state index contributed by atoms with van der Waals surface area (Å²) in [6.07, 6.45) is 27.6. The SMILES string of the molecule is [CH]=C(CCCCCCCCCC)CCCCCCCCCCCC. The third kappa shape index (κ3) is 19.8. The van der Waals surface area contributed by atoms with Crippen molar-refractivity contribution >= 4 is 0 Å². The van der Waals surface area contributed by atoms with Crippen LogP contribution in [0.5, 0.6) is 0 Å². The Morgan fingerprint density at radius 2 is 0.667 bits per heavy atom. The van der Waals surface area contributed by atoms with Gasteiger partial charge in [0.05, 0.1) is 0 Å². The first-order valence-electron chi connectivity index (χ1n) is 11.4. The van der Waals surface area contributed by atoms with Crippen molar-refractivity contribution in [3.05, 3.63) is 12.2 Å². The molecule has 143 valence electrons. The van der Waals surface area contributed by atoms with E-state index >= 15 is 0 Å². The van der Waals surface area contributed by atoms with Gasteiger partial charge in [-0.15, -0.1) is 0 Å². The molecule has 0 spiro atoms. The highest BCUT2D eigenvalue weighted by Crippen LogP contribution is 2.17. The van der Waals surface area contributed by atoms with Crippen LogP contribution in [0, 0.1) is 6.58 Å². The second-order valence-electron chi connectivity index (χ2n) is 7.82. The highest BCUT2D eigenvalue weighted by molar-refractivity contribution is 4.90. The summed E-state index contributed by atoms with van der Waals surface area (Å²) in [5.41, 5.74) is 1.26. The van der Waals surface area contributed by atoms with Gasteiger partial charge in [-0.1, -0.05) is 129 Å². The second kappa shape index (κ2) is 20.8. The molecule has 0 saturated heterocycles. The van der Waals surface area contributed by atoms with Gasteiger partial charge in [0.2, 0.25) is 0 Å². The summed E-state index contributed by atoms with van der Waals surface area (Å²) in [6, 6.07) is 0. The Morgan fingerprint density at radius 3 is 0.958 bits per heavy atom. The van der Waals surface area contributed by atoms with Gasteiger partial charge in [-0.25, -0.2) is 0 Å². The van der Waals surface area contributed by atoms with E-state index in [2.05, 4.69) is 13.8 Å². The number of hydrogen-bond donors (Lipinski definition) is 0. The fourth-order valence-corrected chi connectivity index (χ4v) is 3.45. The molecule has 0 atom stereocenters. The maximum Gasteiger partial charge on any atom is -0.0317 e. The van der Waals surface area contributed by atoms with Crippen LogP contribution in [0.25, 0.3) is 0 Å². The van der Waals surface area contributed by atoms with E-state index in [1.165, 1.54) is 134 Å². The number of rotatable bonds is 20. The Labute approximate surface area is 154 Å². The van der Waals surface area contributed by atoms with Crippen molar-refractivity contribution in [3.8, 4) is 0 Å². The second-order valence-corrected chi connectivity index (χ2v) is 7.82. The zero-order valence-electron chi connectivity index (χ0n) is 17.2. The number of allylic oxidation sites excluding steroid dienone is 1. The first-order valence-corrected chi connectivity index (χ1v) is 11.4. The molecule has 0 saturated carbocycles. The Balaban J connectivity index is 3.13. The van der Waals surface area contributed by atoms with Gasteiger partial charge in [0.1, 0.15) is 0 Å². The minimum atomic E-state index is 1.17. The van der Waals surface area contributed by atoms with Crippen LogP contribution in [0.3, 0.4) is 0 Å². The molecule has 0 heterocycles. The molecule has 0 nitrogen and oxygen atoms in total. The Kier molecular flexibility index (Phi) is 20.6. The molecule has 1 radical (unpaired) electrons. The van der Waals surface area contributed by atoms with Crippen molar-refractivity contribution in [3.63, 3.8) is 0 Å². The van der Waals surface area contributed by atoms with Crippen molar-refractivity contribution in [2.24, 2.45) is 0 Å². The summed E-state index contributed by atoms with van der Waals surface area (Å²) < 4.78 is 0. The Bertz CT molecular complexity index is 240. The average Bonchev–Trinajstić information content (AvgIpc) is 2.59. The summed E-state index contributed by atoms with van der Waals surface area (Å²) >= 11 is 0. The third-order valence-corrected chi connectivity index (χ3v) is 5.20. The molecule has 0 aromatic carbocycles. The van der Waals surface area contributed by atoms with E-state index in [-0.39, 0.29) is 0 Å². The predicted molar refractivity (Wildman–Crippen MR) is 112 cm³/mol. The zero-order chi connectivity index (χ0) is 17.7. The highest BCUT2D eigenvalue weighted by atomic mass is 14.0. The normalized spacial score (nSPS) is 11.1. The van der Waals surface area contributed by atoms with Crippen LogP contribution in [0.15, 0.2) is 5.57 Å². The van der Waals surface area contributed by atoms with Gasteiger partial charge < -0.3 is 0 Å². The van der Waals surface area contributed by atoms with Crippen molar-refractivity contribution < 1.29 is 0 Å². The molecule has 0 unspecified atom stereocenters. The monoisotopic (exact) mass is 335 g/mol. The van der Waals surface area contributed by atoms with Crippen LogP contribution < -0.4 is 0 Å². The van der Waals surface area contributed by atoms with Gasteiger partial charge in [0.15, 0.2) is 0 Å². The topological polar surface area (TPSA) is 0 Å². The van der Waals surface area contributed by atoms with Gasteiger partial charge in [-0.05, 0) is 25.7 Å². The molecule has 0 aromatic heterocycles. The summed E-state index contributed by atoms with van der Waals surface area (Å²) in [4.78, 5) is 0. The van der Waals surface area contributed by atoms with E-state index in [1.807, 2.05) is 0 Å². The van der Waals surface area contributed by atoms with E-state index in [0.29, 0.717) is 0 Å². The summed E-state index contributed by atoms with van der Waals surface area (Å²) in [6.45, 7) is 10.8. The molecule has 0 heteroatoms. The molecule has 0 aromatic rings. The fraction of sp³-hybridized carbons (Fsp3) is 0.917. The highest BCUT2D eigenvalue weighted by Gasteiger charge is 1.98. The minimum absolute atomic E-state index is 1.17. The molecular formula is C24H47. The molecule has 0 fully saturated rings. The lowest BCUT2D eigenvalue weighted by Crippen LogP contribution is -1.87. The zero-order valence-corrected chi connectivity index (χ0v) is 17.2. The number of unbranched alkanes of at least 4 members (excludes halogenated alkanes) is 16.